The van der Waals surface area contributed by atoms with Crippen molar-refractivity contribution in [2.45, 2.75) is 19.8 Å². The van der Waals surface area contributed by atoms with E-state index in [0.29, 0.717) is 17.6 Å². The van der Waals surface area contributed by atoms with Crippen molar-refractivity contribution in [3.63, 3.8) is 0 Å². The van der Waals surface area contributed by atoms with Gasteiger partial charge in [0.25, 0.3) is 0 Å². The van der Waals surface area contributed by atoms with E-state index in [9.17, 15) is 0 Å². The summed E-state index contributed by atoms with van der Waals surface area (Å²) in [7, 11) is 0. The molecule has 0 radical (unpaired) electrons. The summed E-state index contributed by atoms with van der Waals surface area (Å²) in [5, 5.41) is 3.28. The van der Waals surface area contributed by atoms with Gasteiger partial charge >= 0.3 is 0 Å². The molecule has 0 amide bonds. The molecule has 1 aromatic rings. The number of nitrogens with one attached hydrogen (secondary N) is 2. The molecule has 7 heteroatoms. The first-order valence-corrected chi connectivity index (χ1v) is 6.75. The van der Waals surface area contributed by atoms with Gasteiger partial charge < -0.3 is 21.4 Å². The average Bonchev–Trinajstić information content (AvgIpc) is 2.88. The van der Waals surface area contributed by atoms with Crippen LogP contribution in [0.4, 0.5) is 17.6 Å². The predicted octanol–water partition coefficient (Wildman–Crippen LogP) is 0.488. The maximum absolute atomic E-state index is 5.61. The summed E-state index contributed by atoms with van der Waals surface area (Å²) in [6.45, 7) is 6.67. The first-order valence-electron chi connectivity index (χ1n) is 6.75. The lowest BCUT2D eigenvalue weighted by Crippen LogP contribution is -2.29. The third-order valence-electron chi connectivity index (χ3n) is 3.29. The van der Waals surface area contributed by atoms with Gasteiger partial charge in [0.1, 0.15) is 11.6 Å². The zero-order chi connectivity index (χ0) is 13.7. The van der Waals surface area contributed by atoms with Gasteiger partial charge in [-0.2, -0.15) is 9.97 Å². The predicted molar refractivity (Wildman–Crippen MR) is 77.6 cm³/mol. The van der Waals surface area contributed by atoms with Crippen molar-refractivity contribution in [1.29, 1.82) is 0 Å². The summed E-state index contributed by atoms with van der Waals surface area (Å²) in [4.78, 5) is 10.6. The number of nitrogens with zero attached hydrogens (tertiary/aromatic N) is 3. The maximum Gasteiger partial charge on any atom is 0.223 e. The van der Waals surface area contributed by atoms with Gasteiger partial charge in [-0.05, 0) is 31.8 Å². The van der Waals surface area contributed by atoms with E-state index >= 15 is 0 Å². The quantitative estimate of drug-likeness (QED) is 0.438. The Bertz CT molecular complexity index is 403. The minimum absolute atomic E-state index is 0.213. The van der Waals surface area contributed by atoms with Crippen LogP contribution in [0.1, 0.15) is 19.8 Å². The fraction of sp³-hybridized carbons (Fsp3) is 0.667. The molecule has 1 saturated heterocycles. The number of hydrogen-bond acceptors (Lipinski definition) is 7. The normalized spacial score (nSPS) is 17.4. The van der Waals surface area contributed by atoms with E-state index in [2.05, 4.69) is 32.5 Å². The second-order valence-corrected chi connectivity index (χ2v) is 5.13. The van der Waals surface area contributed by atoms with Crippen molar-refractivity contribution in [2.24, 2.45) is 11.8 Å². The Labute approximate surface area is 113 Å². The highest BCUT2D eigenvalue weighted by molar-refractivity contribution is 5.50. The van der Waals surface area contributed by atoms with Gasteiger partial charge in [0.05, 0.1) is 0 Å². The van der Waals surface area contributed by atoms with E-state index in [0.717, 1.165) is 13.1 Å². The minimum Gasteiger partial charge on any atom is -0.370 e. The van der Waals surface area contributed by atoms with E-state index in [1.54, 1.807) is 6.07 Å². The molecule has 2 rings (SSSR count). The molecule has 1 aliphatic heterocycles. The maximum atomic E-state index is 5.61. The Morgan fingerprint density at radius 3 is 2.68 bits per heavy atom. The smallest absolute Gasteiger partial charge is 0.223 e. The largest absolute Gasteiger partial charge is 0.370 e. The lowest BCUT2D eigenvalue weighted by Gasteiger charge is -2.20. The van der Waals surface area contributed by atoms with Crippen LogP contribution in [-0.4, -0.2) is 41.0 Å². The van der Waals surface area contributed by atoms with Crippen LogP contribution in [0.25, 0.3) is 0 Å². The minimum atomic E-state index is 0.213. The highest BCUT2D eigenvalue weighted by atomic mass is 15.3. The number of rotatable bonds is 6. The van der Waals surface area contributed by atoms with Gasteiger partial charge in [-0.1, -0.05) is 6.92 Å². The first-order chi connectivity index (χ1) is 9.17. The number of aromatic nitrogens is 2. The molecule has 0 bridgehead atoms. The van der Waals surface area contributed by atoms with E-state index in [1.165, 1.54) is 25.9 Å². The highest BCUT2D eigenvalue weighted by Crippen LogP contribution is 2.13. The molecule has 2 heterocycles. The van der Waals surface area contributed by atoms with Crippen molar-refractivity contribution >= 4 is 17.6 Å². The molecule has 1 aromatic heterocycles. The Morgan fingerprint density at radius 1 is 1.32 bits per heavy atom. The lowest BCUT2D eigenvalue weighted by atomic mass is 10.1. The summed E-state index contributed by atoms with van der Waals surface area (Å²) >= 11 is 0. The third-order valence-corrected chi connectivity index (χ3v) is 3.29. The van der Waals surface area contributed by atoms with Crippen LogP contribution in [0.2, 0.25) is 0 Å². The van der Waals surface area contributed by atoms with Crippen LogP contribution >= 0.6 is 0 Å². The Morgan fingerprint density at radius 2 is 2.00 bits per heavy atom. The van der Waals surface area contributed by atoms with Crippen LogP contribution in [0.15, 0.2) is 6.07 Å². The zero-order valence-electron chi connectivity index (χ0n) is 11.4. The van der Waals surface area contributed by atoms with Gasteiger partial charge in [0.15, 0.2) is 0 Å². The Hall–Kier alpha value is -1.60. The van der Waals surface area contributed by atoms with Crippen molar-refractivity contribution < 1.29 is 0 Å². The van der Waals surface area contributed by atoms with E-state index in [4.69, 9.17) is 11.6 Å². The summed E-state index contributed by atoms with van der Waals surface area (Å²) < 4.78 is 0. The van der Waals surface area contributed by atoms with E-state index < -0.39 is 0 Å². The molecule has 106 valence electrons. The van der Waals surface area contributed by atoms with Crippen LogP contribution in [0.3, 0.4) is 0 Å². The molecule has 7 nitrogen and oxygen atoms in total. The summed E-state index contributed by atoms with van der Waals surface area (Å²) in [5.41, 5.74) is 8.08. The van der Waals surface area contributed by atoms with Crippen molar-refractivity contribution in [1.82, 2.24) is 14.9 Å². The monoisotopic (exact) mass is 265 g/mol. The molecule has 1 aliphatic rings. The highest BCUT2D eigenvalue weighted by Gasteiger charge is 2.14. The van der Waals surface area contributed by atoms with E-state index in [-0.39, 0.29) is 5.95 Å². The molecular weight excluding hydrogens is 242 g/mol. The SMILES string of the molecule is CC(CNc1cc(NN)nc(N)n1)CN1CCCC1. The fourth-order valence-electron chi connectivity index (χ4n) is 2.38. The van der Waals surface area contributed by atoms with Gasteiger partial charge in [0, 0.05) is 19.2 Å². The number of nitrogens with two attached hydrogens (primary N) is 2. The van der Waals surface area contributed by atoms with Crippen LogP contribution < -0.4 is 22.3 Å². The number of hydrazine groups is 1. The topological polar surface area (TPSA) is 105 Å². The molecule has 6 N–H and O–H groups in total. The van der Waals surface area contributed by atoms with Gasteiger partial charge in [-0.25, -0.2) is 5.84 Å². The van der Waals surface area contributed by atoms with Gasteiger partial charge in [-0.15, -0.1) is 0 Å². The van der Waals surface area contributed by atoms with Crippen molar-refractivity contribution in [2.75, 3.05) is 42.7 Å². The summed E-state index contributed by atoms with van der Waals surface area (Å²) in [6.07, 6.45) is 2.66. The molecule has 0 saturated carbocycles. The van der Waals surface area contributed by atoms with E-state index in [1.807, 2.05) is 0 Å². The molecule has 1 atom stereocenters. The first kappa shape index (κ1) is 13.8. The Balaban J connectivity index is 1.82. The third kappa shape index (κ3) is 4.22. The van der Waals surface area contributed by atoms with Crippen LogP contribution in [0.5, 0.6) is 0 Å². The Kier molecular flexibility index (Phi) is 4.75. The fourth-order valence-corrected chi connectivity index (χ4v) is 2.38. The molecular formula is C12H23N7. The lowest BCUT2D eigenvalue weighted by molar-refractivity contribution is 0.294. The molecule has 0 aliphatic carbocycles. The molecule has 1 fully saturated rings. The molecule has 19 heavy (non-hydrogen) atoms. The molecule has 0 spiro atoms. The van der Waals surface area contributed by atoms with Crippen LogP contribution in [-0.2, 0) is 0 Å². The summed E-state index contributed by atoms with van der Waals surface area (Å²) in [5.74, 6) is 7.31. The van der Waals surface area contributed by atoms with Gasteiger partial charge in [-0.3, -0.25) is 0 Å². The average molecular weight is 265 g/mol. The number of anilines is 3. The molecule has 0 aromatic carbocycles. The second-order valence-electron chi connectivity index (χ2n) is 5.13. The number of nitrogen functional groups attached to an aromatic ring is 2. The number of hydrogen-bond donors (Lipinski definition) is 4. The van der Waals surface area contributed by atoms with Gasteiger partial charge in [0.2, 0.25) is 5.95 Å². The standard InChI is InChI=1S/C12H23N7/c1-9(8-19-4-2-3-5-19)7-15-10-6-11(18-14)17-12(13)16-10/h6,9H,2-5,7-8,14H2,1H3,(H4,13,15,16,17,18). The van der Waals surface area contributed by atoms with Crippen molar-refractivity contribution in [3.8, 4) is 0 Å². The van der Waals surface area contributed by atoms with Crippen LogP contribution in [0, 0.1) is 5.92 Å². The summed E-state index contributed by atoms with van der Waals surface area (Å²) in [6, 6.07) is 1.75. The van der Waals surface area contributed by atoms with Crippen molar-refractivity contribution in [3.05, 3.63) is 6.07 Å². The number of likely N-dealkylation sites (tertiary alicyclic amines) is 1. The zero-order valence-corrected chi connectivity index (χ0v) is 11.4. The second kappa shape index (κ2) is 6.53. The molecule has 1 unspecified atom stereocenters.